The number of hydrogen-bond acceptors (Lipinski definition) is 3. The van der Waals surface area contributed by atoms with Gasteiger partial charge < -0.3 is 15.3 Å². The summed E-state index contributed by atoms with van der Waals surface area (Å²) in [6, 6.07) is 2.63. The van der Waals surface area contributed by atoms with Crippen LogP contribution < -0.4 is 5.32 Å². The first-order valence-corrected chi connectivity index (χ1v) is 7.14. The van der Waals surface area contributed by atoms with Crippen LogP contribution in [0.5, 0.6) is 0 Å². The monoisotopic (exact) mass is 284 g/mol. The van der Waals surface area contributed by atoms with Crippen molar-refractivity contribution in [1.82, 2.24) is 10.2 Å². The number of carbonyl (C=O) groups excluding carboxylic acids is 1. The molecule has 0 aliphatic carbocycles. The molecule has 6 heteroatoms. The fraction of sp³-hybridized carbons (Fsp3) is 0.538. The lowest BCUT2D eigenvalue weighted by Gasteiger charge is -2.26. The van der Waals surface area contributed by atoms with Crippen LogP contribution in [0.15, 0.2) is 17.5 Å². The molecule has 19 heavy (non-hydrogen) atoms. The zero-order valence-corrected chi connectivity index (χ0v) is 12.2. The van der Waals surface area contributed by atoms with Crippen LogP contribution in [-0.2, 0) is 4.79 Å². The van der Waals surface area contributed by atoms with E-state index in [1.54, 1.807) is 18.4 Å². The maximum absolute atomic E-state index is 12.0. The number of carboxylic acid groups (broad SMARTS) is 1. The van der Waals surface area contributed by atoms with Gasteiger partial charge in [0, 0.05) is 11.9 Å². The van der Waals surface area contributed by atoms with Crippen molar-refractivity contribution in [2.75, 3.05) is 7.05 Å². The SMILES string of the molecule is CCC[C@@H](NC(=O)N(C)C(C)c1cccs1)C(=O)O. The average molecular weight is 284 g/mol. The lowest BCUT2D eigenvalue weighted by atomic mass is 10.2. The first-order chi connectivity index (χ1) is 8.97. The number of carboxylic acids is 1. The molecule has 0 spiro atoms. The molecule has 0 aliphatic rings. The first-order valence-electron chi connectivity index (χ1n) is 6.26. The van der Waals surface area contributed by atoms with Gasteiger partial charge in [0.05, 0.1) is 6.04 Å². The fourth-order valence-electron chi connectivity index (χ4n) is 1.69. The molecule has 0 aromatic carbocycles. The van der Waals surface area contributed by atoms with Gasteiger partial charge in [-0.2, -0.15) is 0 Å². The number of rotatable bonds is 6. The second-order valence-corrected chi connectivity index (χ2v) is 5.41. The van der Waals surface area contributed by atoms with Crippen LogP contribution in [0.25, 0.3) is 0 Å². The standard InChI is InChI=1S/C13H20N2O3S/c1-4-6-10(12(16)17)14-13(18)15(3)9(2)11-7-5-8-19-11/h5,7-10H,4,6H2,1-3H3,(H,14,18)(H,16,17)/t9?,10-/m1/s1. The van der Waals surface area contributed by atoms with Gasteiger partial charge in [-0.15, -0.1) is 11.3 Å². The summed E-state index contributed by atoms with van der Waals surface area (Å²) in [5.74, 6) is -0.993. The molecule has 2 atom stereocenters. The highest BCUT2D eigenvalue weighted by molar-refractivity contribution is 7.10. The lowest BCUT2D eigenvalue weighted by molar-refractivity contribution is -0.139. The third kappa shape index (κ3) is 4.24. The molecule has 0 fully saturated rings. The van der Waals surface area contributed by atoms with Gasteiger partial charge in [-0.3, -0.25) is 0 Å². The topological polar surface area (TPSA) is 69.6 Å². The summed E-state index contributed by atoms with van der Waals surface area (Å²) in [6.45, 7) is 3.81. The van der Waals surface area contributed by atoms with Gasteiger partial charge in [0.1, 0.15) is 6.04 Å². The Morgan fingerprint density at radius 2 is 2.21 bits per heavy atom. The summed E-state index contributed by atoms with van der Waals surface area (Å²) >= 11 is 1.57. The Hall–Kier alpha value is -1.56. The van der Waals surface area contributed by atoms with E-state index < -0.39 is 12.0 Å². The van der Waals surface area contributed by atoms with E-state index in [2.05, 4.69) is 5.32 Å². The molecular weight excluding hydrogens is 264 g/mol. The number of amides is 2. The van der Waals surface area contributed by atoms with Crippen molar-refractivity contribution in [2.24, 2.45) is 0 Å². The second-order valence-electron chi connectivity index (χ2n) is 4.43. The van der Waals surface area contributed by atoms with Gasteiger partial charge in [-0.25, -0.2) is 9.59 Å². The van der Waals surface area contributed by atoms with Crippen molar-refractivity contribution in [3.8, 4) is 0 Å². The molecule has 0 saturated heterocycles. The van der Waals surface area contributed by atoms with E-state index in [1.807, 2.05) is 31.4 Å². The van der Waals surface area contributed by atoms with E-state index in [0.29, 0.717) is 12.8 Å². The van der Waals surface area contributed by atoms with Gasteiger partial charge >= 0.3 is 12.0 Å². The molecule has 0 radical (unpaired) electrons. The predicted molar refractivity (Wildman–Crippen MR) is 75.4 cm³/mol. The minimum atomic E-state index is -0.993. The van der Waals surface area contributed by atoms with Crippen molar-refractivity contribution < 1.29 is 14.7 Å². The zero-order chi connectivity index (χ0) is 14.4. The highest BCUT2D eigenvalue weighted by Gasteiger charge is 2.23. The Bertz CT molecular complexity index is 420. The Morgan fingerprint density at radius 1 is 1.53 bits per heavy atom. The van der Waals surface area contributed by atoms with Gasteiger partial charge in [0.2, 0.25) is 0 Å². The average Bonchev–Trinajstić information content (AvgIpc) is 2.89. The number of urea groups is 1. The fourth-order valence-corrected chi connectivity index (χ4v) is 2.52. The molecule has 2 amide bonds. The number of thiophene rings is 1. The van der Waals surface area contributed by atoms with Crippen LogP contribution in [-0.4, -0.2) is 35.1 Å². The third-order valence-electron chi connectivity index (χ3n) is 3.03. The highest BCUT2D eigenvalue weighted by atomic mass is 32.1. The number of nitrogens with one attached hydrogen (secondary N) is 1. The molecule has 5 nitrogen and oxygen atoms in total. The Morgan fingerprint density at radius 3 is 2.68 bits per heavy atom. The summed E-state index contributed by atoms with van der Waals surface area (Å²) in [7, 11) is 1.67. The molecule has 0 saturated carbocycles. The Labute approximate surface area is 117 Å². The lowest BCUT2D eigenvalue weighted by Crippen LogP contribution is -2.47. The molecule has 0 bridgehead atoms. The van der Waals surface area contributed by atoms with Gasteiger partial charge in [0.15, 0.2) is 0 Å². The largest absolute Gasteiger partial charge is 0.480 e. The molecule has 2 N–H and O–H groups in total. The molecule has 1 unspecified atom stereocenters. The molecule has 1 aromatic heterocycles. The molecule has 1 rings (SSSR count). The van der Waals surface area contributed by atoms with Crippen LogP contribution in [0.1, 0.15) is 37.6 Å². The minimum absolute atomic E-state index is 0.0731. The summed E-state index contributed by atoms with van der Waals surface area (Å²) in [4.78, 5) is 25.6. The van der Waals surface area contributed by atoms with Crippen LogP contribution in [0, 0.1) is 0 Å². The number of hydrogen-bond donors (Lipinski definition) is 2. The normalized spacial score (nSPS) is 13.6. The van der Waals surface area contributed by atoms with Crippen LogP contribution >= 0.6 is 11.3 Å². The van der Waals surface area contributed by atoms with Crippen LogP contribution in [0.2, 0.25) is 0 Å². The highest BCUT2D eigenvalue weighted by Crippen LogP contribution is 2.23. The van der Waals surface area contributed by atoms with E-state index in [1.165, 1.54) is 4.90 Å². The van der Waals surface area contributed by atoms with E-state index in [0.717, 1.165) is 4.88 Å². The summed E-state index contributed by atoms with van der Waals surface area (Å²) < 4.78 is 0. The number of aliphatic carboxylic acids is 1. The van der Waals surface area contributed by atoms with Crippen molar-refractivity contribution in [3.63, 3.8) is 0 Å². The molecule has 0 aliphatic heterocycles. The Balaban J connectivity index is 2.63. The molecule has 1 heterocycles. The first kappa shape index (κ1) is 15.5. The number of nitrogens with zero attached hydrogens (tertiary/aromatic N) is 1. The van der Waals surface area contributed by atoms with Gasteiger partial charge in [0.25, 0.3) is 0 Å². The minimum Gasteiger partial charge on any atom is -0.480 e. The van der Waals surface area contributed by atoms with Gasteiger partial charge in [-0.1, -0.05) is 19.4 Å². The van der Waals surface area contributed by atoms with E-state index >= 15 is 0 Å². The van der Waals surface area contributed by atoms with Crippen molar-refractivity contribution in [2.45, 2.75) is 38.8 Å². The zero-order valence-electron chi connectivity index (χ0n) is 11.4. The summed E-state index contributed by atoms with van der Waals surface area (Å²) in [5, 5.41) is 13.5. The summed E-state index contributed by atoms with van der Waals surface area (Å²) in [6.07, 6.45) is 1.14. The van der Waals surface area contributed by atoms with E-state index in [9.17, 15) is 9.59 Å². The van der Waals surface area contributed by atoms with Crippen molar-refractivity contribution in [3.05, 3.63) is 22.4 Å². The Kier molecular flexibility index (Phi) is 5.82. The maximum atomic E-state index is 12.0. The molecular formula is C13H20N2O3S. The van der Waals surface area contributed by atoms with Crippen LogP contribution in [0.3, 0.4) is 0 Å². The number of carbonyl (C=O) groups is 2. The predicted octanol–water partition coefficient (Wildman–Crippen LogP) is 2.70. The molecule has 106 valence electrons. The smallest absolute Gasteiger partial charge is 0.326 e. The van der Waals surface area contributed by atoms with Gasteiger partial charge in [-0.05, 0) is 24.8 Å². The van der Waals surface area contributed by atoms with E-state index in [-0.39, 0.29) is 12.1 Å². The quantitative estimate of drug-likeness (QED) is 0.844. The van der Waals surface area contributed by atoms with E-state index in [4.69, 9.17) is 5.11 Å². The summed E-state index contributed by atoms with van der Waals surface area (Å²) in [5.41, 5.74) is 0. The third-order valence-corrected chi connectivity index (χ3v) is 4.07. The molecule has 1 aromatic rings. The maximum Gasteiger partial charge on any atom is 0.326 e. The second kappa shape index (κ2) is 7.13. The van der Waals surface area contributed by atoms with Crippen molar-refractivity contribution in [1.29, 1.82) is 0 Å². The van der Waals surface area contributed by atoms with Crippen LogP contribution in [0.4, 0.5) is 4.79 Å². The van der Waals surface area contributed by atoms with Crippen molar-refractivity contribution >= 4 is 23.3 Å².